The Balaban J connectivity index is 1.94. The molecule has 3 heteroatoms. The van der Waals surface area contributed by atoms with Crippen LogP contribution in [0.4, 0.5) is 0 Å². The van der Waals surface area contributed by atoms with Crippen LogP contribution in [-0.4, -0.2) is 18.6 Å². The van der Waals surface area contributed by atoms with Crippen molar-refractivity contribution in [2.75, 3.05) is 6.61 Å². The second kappa shape index (κ2) is 8.04. The maximum Gasteiger partial charge on any atom is 0.255 e. The highest BCUT2D eigenvalue weighted by Crippen LogP contribution is 2.37. The quantitative estimate of drug-likeness (QED) is 0.819. The first-order valence-corrected chi connectivity index (χ1v) is 9.30. The van der Waals surface area contributed by atoms with Gasteiger partial charge in [-0.1, -0.05) is 46.8 Å². The maximum atomic E-state index is 12.7. The fourth-order valence-electron chi connectivity index (χ4n) is 3.40. The van der Waals surface area contributed by atoms with Crippen molar-refractivity contribution in [3.63, 3.8) is 0 Å². The molecule has 1 aliphatic rings. The Bertz CT molecular complexity index is 537. The number of hydrogen-bond donors (Lipinski definition) is 1. The summed E-state index contributed by atoms with van der Waals surface area (Å²) in [5, 5.41) is 3.22. The molecule has 134 valence electrons. The lowest BCUT2D eigenvalue weighted by molar-refractivity contribution is 0.0899. The number of ether oxygens (including phenoxy) is 1. The molecule has 1 N–H and O–H groups in total. The molecule has 24 heavy (non-hydrogen) atoms. The summed E-state index contributed by atoms with van der Waals surface area (Å²) in [6.07, 6.45) is 4.53. The molecule has 0 saturated heterocycles. The van der Waals surface area contributed by atoms with Gasteiger partial charge in [-0.25, -0.2) is 0 Å². The third-order valence-corrected chi connectivity index (χ3v) is 4.99. The largest absolute Gasteiger partial charge is 0.492 e. The van der Waals surface area contributed by atoms with Gasteiger partial charge in [0, 0.05) is 6.04 Å². The zero-order valence-electron chi connectivity index (χ0n) is 15.9. The van der Waals surface area contributed by atoms with Crippen LogP contribution in [0.2, 0.25) is 0 Å². The van der Waals surface area contributed by atoms with Crippen LogP contribution in [0, 0.1) is 17.3 Å². The summed E-state index contributed by atoms with van der Waals surface area (Å²) in [6, 6.07) is 7.84. The molecular formula is C21H33NO2. The molecule has 1 aliphatic carbocycles. The van der Waals surface area contributed by atoms with Crippen molar-refractivity contribution < 1.29 is 9.53 Å². The molecule has 0 spiro atoms. The first kappa shape index (κ1) is 18.8. The van der Waals surface area contributed by atoms with Crippen molar-refractivity contribution in [2.45, 2.75) is 66.3 Å². The van der Waals surface area contributed by atoms with Gasteiger partial charge in [0.2, 0.25) is 0 Å². The summed E-state index contributed by atoms with van der Waals surface area (Å²) in [5.41, 5.74) is 1.02. The number of hydrogen-bond acceptors (Lipinski definition) is 2. The van der Waals surface area contributed by atoms with E-state index in [9.17, 15) is 4.79 Å². The Labute approximate surface area is 147 Å². The lowest BCUT2D eigenvalue weighted by atomic mass is 9.71. The van der Waals surface area contributed by atoms with Crippen molar-refractivity contribution in [2.24, 2.45) is 17.3 Å². The van der Waals surface area contributed by atoms with Crippen LogP contribution in [0.15, 0.2) is 24.3 Å². The molecule has 0 radical (unpaired) electrons. The van der Waals surface area contributed by atoms with Crippen LogP contribution in [-0.2, 0) is 0 Å². The molecule has 0 aliphatic heterocycles. The van der Waals surface area contributed by atoms with E-state index < -0.39 is 0 Å². The third kappa shape index (κ3) is 5.25. The van der Waals surface area contributed by atoms with Gasteiger partial charge < -0.3 is 10.1 Å². The number of carbonyl (C=O) groups excluding carboxylic acids is 1. The predicted octanol–water partition coefficient (Wildman–Crippen LogP) is 5.06. The summed E-state index contributed by atoms with van der Waals surface area (Å²) in [6.45, 7) is 11.8. The molecular weight excluding hydrogens is 298 g/mol. The van der Waals surface area contributed by atoms with Crippen LogP contribution in [0.3, 0.4) is 0 Å². The first-order chi connectivity index (χ1) is 11.3. The van der Waals surface area contributed by atoms with Crippen molar-refractivity contribution >= 4 is 5.91 Å². The summed E-state index contributed by atoms with van der Waals surface area (Å²) >= 11 is 0. The van der Waals surface area contributed by atoms with Crippen molar-refractivity contribution in [1.29, 1.82) is 0 Å². The molecule has 0 aromatic heterocycles. The number of amides is 1. The van der Waals surface area contributed by atoms with Gasteiger partial charge in [-0.3, -0.25) is 4.79 Å². The maximum absolute atomic E-state index is 12.7. The van der Waals surface area contributed by atoms with Gasteiger partial charge in [-0.15, -0.1) is 0 Å². The Morgan fingerprint density at radius 2 is 1.79 bits per heavy atom. The van der Waals surface area contributed by atoms with Gasteiger partial charge in [0.05, 0.1) is 12.2 Å². The van der Waals surface area contributed by atoms with Crippen LogP contribution in [0.25, 0.3) is 0 Å². The summed E-state index contributed by atoms with van der Waals surface area (Å²) < 4.78 is 5.81. The molecule has 0 atom stereocenters. The number of nitrogens with one attached hydrogen (secondary N) is 1. The minimum absolute atomic E-state index is 0.00596. The molecule has 0 unspecified atom stereocenters. The number of rotatable bonds is 5. The van der Waals surface area contributed by atoms with Crippen molar-refractivity contribution in [3.05, 3.63) is 29.8 Å². The molecule has 1 aromatic rings. The highest BCUT2D eigenvalue weighted by atomic mass is 16.5. The second-order valence-corrected chi connectivity index (χ2v) is 8.59. The normalized spacial score (nSPS) is 21.6. The summed E-state index contributed by atoms with van der Waals surface area (Å²) in [5.74, 6) is 1.88. The summed E-state index contributed by atoms with van der Waals surface area (Å²) in [4.78, 5) is 12.7. The van der Waals surface area contributed by atoms with Gasteiger partial charge in [0.15, 0.2) is 0 Å². The van der Waals surface area contributed by atoms with E-state index in [1.54, 1.807) is 0 Å². The predicted molar refractivity (Wildman–Crippen MR) is 99.4 cm³/mol. The monoisotopic (exact) mass is 331 g/mol. The SMILES string of the molecule is CC(C)COc1ccccc1C(=O)NC1CCC(C(C)(C)C)CC1. The standard InChI is InChI=1S/C21H33NO2/c1-15(2)14-24-19-9-7-6-8-18(19)20(23)22-17-12-10-16(11-13-17)21(3,4)5/h6-9,15-17H,10-14H2,1-5H3,(H,22,23). The fraction of sp³-hybridized carbons (Fsp3) is 0.667. The van der Waals surface area contributed by atoms with E-state index in [4.69, 9.17) is 4.74 Å². The molecule has 1 amide bonds. The van der Waals surface area contributed by atoms with E-state index in [-0.39, 0.29) is 11.9 Å². The van der Waals surface area contributed by atoms with Gasteiger partial charge in [0.1, 0.15) is 5.75 Å². The lowest BCUT2D eigenvalue weighted by Crippen LogP contribution is -2.39. The second-order valence-electron chi connectivity index (χ2n) is 8.59. The van der Waals surface area contributed by atoms with Gasteiger partial charge in [0.25, 0.3) is 5.91 Å². The molecule has 1 fully saturated rings. The minimum Gasteiger partial charge on any atom is -0.492 e. The van der Waals surface area contributed by atoms with Crippen LogP contribution >= 0.6 is 0 Å². The number of benzene rings is 1. The van der Waals surface area contributed by atoms with Crippen molar-refractivity contribution in [3.8, 4) is 5.75 Å². The van der Waals surface area contributed by atoms with E-state index in [1.165, 1.54) is 12.8 Å². The molecule has 0 heterocycles. The highest BCUT2D eigenvalue weighted by molar-refractivity contribution is 5.97. The topological polar surface area (TPSA) is 38.3 Å². The van der Waals surface area contributed by atoms with Gasteiger partial charge in [-0.2, -0.15) is 0 Å². The third-order valence-electron chi connectivity index (χ3n) is 4.99. The van der Waals surface area contributed by atoms with E-state index in [1.807, 2.05) is 24.3 Å². The van der Waals surface area contributed by atoms with E-state index >= 15 is 0 Å². The zero-order valence-corrected chi connectivity index (χ0v) is 15.9. The molecule has 1 aromatic carbocycles. The van der Waals surface area contributed by atoms with E-state index in [0.29, 0.717) is 29.3 Å². The Morgan fingerprint density at radius 1 is 1.17 bits per heavy atom. The zero-order chi connectivity index (χ0) is 17.7. The van der Waals surface area contributed by atoms with Gasteiger partial charge >= 0.3 is 0 Å². The molecule has 3 nitrogen and oxygen atoms in total. The van der Waals surface area contributed by atoms with Crippen LogP contribution in [0.1, 0.15) is 70.7 Å². The van der Waals surface area contributed by atoms with Crippen LogP contribution in [0.5, 0.6) is 5.75 Å². The van der Waals surface area contributed by atoms with Gasteiger partial charge in [-0.05, 0) is 55.1 Å². The Morgan fingerprint density at radius 3 is 2.38 bits per heavy atom. The highest BCUT2D eigenvalue weighted by Gasteiger charge is 2.30. The molecule has 0 bridgehead atoms. The molecule has 2 rings (SSSR count). The summed E-state index contributed by atoms with van der Waals surface area (Å²) in [7, 11) is 0. The minimum atomic E-state index is -0.00596. The molecule has 1 saturated carbocycles. The van der Waals surface area contributed by atoms with Crippen molar-refractivity contribution in [1.82, 2.24) is 5.32 Å². The van der Waals surface area contributed by atoms with E-state index in [0.717, 1.165) is 18.8 Å². The first-order valence-electron chi connectivity index (χ1n) is 9.30. The smallest absolute Gasteiger partial charge is 0.255 e. The average molecular weight is 332 g/mol. The Kier molecular flexibility index (Phi) is 6.31. The average Bonchev–Trinajstić information content (AvgIpc) is 2.52. The fourth-order valence-corrected chi connectivity index (χ4v) is 3.40. The van der Waals surface area contributed by atoms with E-state index in [2.05, 4.69) is 39.9 Å². The lowest BCUT2D eigenvalue weighted by Gasteiger charge is -2.37. The number of carbonyl (C=O) groups is 1. The number of para-hydroxylation sites is 1. The Hall–Kier alpha value is -1.51. The van der Waals surface area contributed by atoms with Crippen LogP contribution < -0.4 is 10.1 Å².